The lowest BCUT2D eigenvalue weighted by molar-refractivity contribution is -0.127. The summed E-state index contributed by atoms with van der Waals surface area (Å²) in [6, 6.07) is 19.1. The Hall–Kier alpha value is -3.59. The number of halogens is 1. The van der Waals surface area contributed by atoms with E-state index in [-0.39, 0.29) is 35.8 Å². The largest absolute Gasteiger partial charge is 0.492 e. The molecule has 36 heavy (non-hydrogen) atoms. The monoisotopic (exact) mass is 512 g/mol. The Bertz CT molecular complexity index is 1320. The Kier molecular flexibility index (Phi) is 7.21. The summed E-state index contributed by atoms with van der Waals surface area (Å²) in [5, 5.41) is 2.73. The van der Waals surface area contributed by atoms with Gasteiger partial charge in [-0.2, -0.15) is 0 Å². The van der Waals surface area contributed by atoms with Gasteiger partial charge in [-0.05, 0) is 59.5 Å². The fraction of sp³-hybridized carbons (Fsp3) is 0.296. The van der Waals surface area contributed by atoms with Crippen LogP contribution in [0.3, 0.4) is 0 Å². The van der Waals surface area contributed by atoms with Crippen LogP contribution in [0.25, 0.3) is 0 Å². The van der Waals surface area contributed by atoms with E-state index in [1.54, 1.807) is 30.3 Å². The van der Waals surface area contributed by atoms with E-state index in [0.29, 0.717) is 17.2 Å². The molecule has 0 saturated carbocycles. The second-order valence-electron chi connectivity index (χ2n) is 9.48. The number of hydrogen-bond acceptors (Lipinski definition) is 5. The number of nitrogens with one attached hydrogen (secondary N) is 1. The molecule has 0 unspecified atom stereocenters. The molecule has 7 nitrogen and oxygen atoms in total. The van der Waals surface area contributed by atoms with Gasteiger partial charge in [0.25, 0.3) is 15.9 Å². The Morgan fingerprint density at radius 2 is 1.78 bits per heavy atom. The summed E-state index contributed by atoms with van der Waals surface area (Å²) >= 11 is 0. The number of sulfonamides is 1. The van der Waals surface area contributed by atoms with Crippen LogP contribution in [0.4, 0.5) is 10.1 Å². The maximum Gasteiger partial charge on any atom is 0.264 e. The average molecular weight is 513 g/mol. The predicted molar refractivity (Wildman–Crippen MR) is 135 cm³/mol. The van der Waals surface area contributed by atoms with Crippen LogP contribution in [0.1, 0.15) is 26.3 Å². The Labute approximate surface area is 210 Å². The normalized spacial score (nSPS) is 15.6. The van der Waals surface area contributed by atoms with Gasteiger partial charge in [-0.1, -0.05) is 45.0 Å². The number of carbonyl (C=O) groups is 1. The molecule has 4 rings (SSSR count). The number of rotatable bonds is 7. The van der Waals surface area contributed by atoms with Crippen LogP contribution in [0.15, 0.2) is 77.7 Å². The number of amides is 1. The fourth-order valence-electron chi connectivity index (χ4n) is 3.79. The van der Waals surface area contributed by atoms with Crippen LogP contribution in [-0.2, 0) is 20.2 Å². The minimum absolute atomic E-state index is 0.130. The zero-order valence-electron chi connectivity index (χ0n) is 20.4. The van der Waals surface area contributed by atoms with Gasteiger partial charge in [0.1, 0.15) is 23.9 Å². The second-order valence-corrected chi connectivity index (χ2v) is 11.3. The lowest BCUT2D eigenvalue weighted by Gasteiger charge is -2.36. The number of fused-ring (bicyclic) bond motifs is 1. The highest BCUT2D eigenvalue weighted by molar-refractivity contribution is 7.92. The van der Waals surface area contributed by atoms with Crippen LogP contribution in [-0.4, -0.2) is 40.1 Å². The van der Waals surface area contributed by atoms with E-state index in [0.717, 1.165) is 5.56 Å². The first-order valence-electron chi connectivity index (χ1n) is 11.6. The van der Waals surface area contributed by atoms with Gasteiger partial charge in [0, 0.05) is 0 Å². The van der Waals surface area contributed by atoms with E-state index in [1.165, 1.54) is 40.7 Å². The van der Waals surface area contributed by atoms with Crippen molar-refractivity contribution in [3.8, 4) is 11.5 Å². The molecule has 3 aromatic carbocycles. The smallest absolute Gasteiger partial charge is 0.264 e. The molecular weight excluding hydrogens is 483 g/mol. The van der Waals surface area contributed by atoms with Crippen LogP contribution >= 0.6 is 0 Å². The van der Waals surface area contributed by atoms with Crippen molar-refractivity contribution < 1.29 is 27.1 Å². The highest BCUT2D eigenvalue weighted by Crippen LogP contribution is 2.40. The first-order valence-corrected chi connectivity index (χ1v) is 13.0. The number of hydrogen-bond donors (Lipinski definition) is 1. The molecule has 1 amide bonds. The summed E-state index contributed by atoms with van der Waals surface area (Å²) in [6.45, 7) is 6.26. The van der Waals surface area contributed by atoms with Gasteiger partial charge < -0.3 is 14.8 Å². The van der Waals surface area contributed by atoms with Crippen molar-refractivity contribution in [2.45, 2.75) is 37.2 Å². The number of benzene rings is 3. The molecule has 0 bridgehead atoms. The van der Waals surface area contributed by atoms with Crippen molar-refractivity contribution in [2.24, 2.45) is 0 Å². The van der Waals surface area contributed by atoms with E-state index in [2.05, 4.69) is 5.32 Å². The molecule has 1 N–H and O–H groups in total. The second kappa shape index (κ2) is 10.2. The summed E-state index contributed by atoms with van der Waals surface area (Å²) in [6.07, 6.45) is -1.05. The van der Waals surface area contributed by atoms with E-state index in [4.69, 9.17) is 9.47 Å². The van der Waals surface area contributed by atoms with E-state index in [9.17, 15) is 17.6 Å². The molecule has 0 spiro atoms. The van der Waals surface area contributed by atoms with Crippen molar-refractivity contribution in [2.75, 3.05) is 24.0 Å². The molecule has 190 valence electrons. The van der Waals surface area contributed by atoms with Crippen molar-refractivity contribution in [1.29, 1.82) is 0 Å². The number of nitrogens with zero attached hydrogens (tertiary/aromatic N) is 1. The van der Waals surface area contributed by atoms with Crippen LogP contribution in [0.2, 0.25) is 0 Å². The summed E-state index contributed by atoms with van der Waals surface area (Å²) in [5.41, 5.74) is 1.13. The van der Waals surface area contributed by atoms with Gasteiger partial charge in [0.15, 0.2) is 6.10 Å². The van der Waals surface area contributed by atoms with Crippen LogP contribution in [0, 0.1) is 5.82 Å². The van der Waals surface area contributed by atoms with Crippen molar-refractivity contribution in [3.63, 3.8) is 0 Å². The van der Waals surface area contributed by atoms with E-state index in [1.807, 2.05) is 26.8 Å². The van der Waals surface area contributed by atoms with Gasteiger partial charge in [0.2, 0.25) is 0 Å². The van der Waals surface area contributed by atoms with Crippen molar-refractivity contribution in [3.05, 3.63) is 84.2 Å². The number of carbonyl (C=O) groups excluding carboxylic acids is 1. The third-order valence-corrected chi connectivity index (χ3v) is 7.60. The lowest BCUT2D eigenvalue weighted by atomic mass is 9.86. The summed E-state index contributed by atoms with van der Waals surface area (Å²) < 4.78 is 52.9. The average Bonchev–Trinajstić information content (AvgIpc) is 2.86. The summed E-state index contributed by atoms with van der Waals surface area (Å²) in [5.74, 6) is -0.0359. The van der Waals surface area contributed by atoms with E-state index >= 15 is 0 Å². The summed E-state index contributed by atoms with van der Waals surface area (Å²) in [7, 11) is -3.95. The molecular formula is C27H29FN2O5S. The third-order valence-electron chi connectivity index (χ3n) is 5.80. The molecule has 1 aliphatic heterocycles. The highest BCUT2D eigenvalue weighted by Gasteiger charge is 2.38. The van der Waals surface area contributed by atoms with Gasteiger partial charge >= 0.3 is 0 Å². The van der Waals surface area contributed by atoms with Crippen LogP contribution < -0.4 is 19.1 Å². The quantitative estimate of drug-likeness (QED) is 0.478. The zero-order valence-corrected chi connectivity index (χ0v) is 21.2. The molecule has 3 aromatic rings. The SMILES string of the molecule is CC(C)(C)c1ccc2c(c1)N(S(=O)(=O)c1ccccc1)C[C@@H](C(=O)NCCOc1ccc(F)cc1)O2. The molecule has 9 heteroatoms. The van der Waals surface area contributed by atoms with Crippen molar-refractivity contribution >= 4 is 21.6 Å². The fourth-order valence-corrected chi connectivity index (χ4v) is 5.28. The highest BCUT2D eigenvalue weighted by atomic mass is 32.2. The van der Waals surface area contributed by atoms with Gasteiger partial charge in [-0.15, -0.1) is 0 Å². The standard InChI is InChI=1S/C27H29FN2O5S/c1-27(2,3)19-9-14-24-23(17-19)30(36(32,33)22-7-5-4-6-8-22)18-25(35-24)26(31)29-15-16-34-21-12-10-20(28)11-13-21/h4-14,17,25H,15-16,18H2,1-3H3,(H,29,31)/t25-/m0/s1. The third kappa shape index (κ3) is 5.62. The molecule has 1 heterocycles. The number of anilines is 1. The van der Waals surface area contributed by atoms with Crippen molar-refractivity contribution in [1.82, 2.24) is 5.32 Å². The predicted octanol–water partition coefficient (Wildman–Crippen LogP) is 4.27. The first-order chi connectivity index (χ1) is 17.1. The first kappa shape index (κ1) is 25.5. The van der Waals surface area contributed by atoms with Gasteiger partial charge in [-0.25, -0.2) is 12.8 Å². The molecule has 1 atom stereocenters. The molecule has 0 fully saturated rings. The Morgan fingerprint density at radius 1 is 1.08 bits per heavy atom. The lowest BCUT2D eigenvalue weighted by Crippen LogP contribution is -2.51. The summed E-state index contributed by atoms with van der Waals surface area (Å²) in [4.78, 5) is 13.1. The van der Waals surface area contributed by atoms with Gasteiger partial charge in [0.05, 0.1) is 23.7 Å². The number of ether oxygens (including phenoxy) is 2. The molecule has 0 aromatic heterocycles. The van der Waals surface area contributed by atoms with Gasteiger partial charge in [-0.3, -0.25) is 9.10 Å². The topological polar surface area (TPSA) is 84.9 Å². The van der Waals surface area contributed by atoms with E-state index < -0.39 is 22.0 Å². The molecule has 0 radical (unpaired) electrons. The Balaban J connectivity index is 1.54. The Morgan fingerprint density at radius 3 is 2.44 bits per heavy atom. The molecule has 0 aliphatic carbocycles. The maximum atomic E-state index is 13.6. The molecule has 1 aliphatic rings. The minimum Gasteiger partial charge on any atom is -0.492 e. The minimum atomic E-state index is -3.95. The zero-order chi connectivity index (χ0) is 25.9. The molecule has 0 saturated heterocycles. The maximum absolute atomic E-state index is 13.6. The van der Waals surface area contributed by atoms with Crippen LogP contribution in [0.5, 0.6) is 11.5 Å².